The van der Waals surface area contributed by atoms with Crippen molar-refractivity contribution in [3.8, 4) is 0 Å². The van der Waals surface area contributed by atoms with Crippen LogP contribution in [0.25, 0.3) is 0 Å². The summed E-state index contributed by atoms with van der Waals surface area (Å²) in [6.45, 7) is 1.39. The molecule has 0 N–H and O–H groups in total. The molecule has 0 spiro atoms. The number of aromatic nitrogens is 1. The minimum Gasteiger partial charge on any atom is -0.345 e. The van der Waals surface area contributed by atoms with Crippen molar-refractivity contribution >= 4 is 17.7 Å². The third-order valence-corrected chi connectivity index (χ3v) is 3.05. The Kier molecular flexibility index (Phi) is 2.59. The lowest BCUT2D eigenvalue weighted by Gasteiger charge is -2.14. The molecule has 1 aromatic rings. The number of thioether (sulfide) groups is 1. The smallest absolute Gasteiger partial charge is 0.243 e. The second kappa shape index (κ2) is 3.87. The summed E-state index contributed by atoms with van der Waals surface area (Å²) in [4.78, 5) is 13.5. The Balaban J connectivity index is 1.91. The van der Waals surface area contributed by atoms with Gasteiger partial charge in [0.1, 0.15) is 6.54 Å². The first kappa shape index (κ1) is 8.69. The van der Waals surface area contributed by atoms with Crippen molar-refractivity contribution in [2.24, 2.45) is 0 Å². The van der Waals surface area contributed by atoms with E-state index in [4.69, 9.17) is 0 Å². The Morgan fingerprint density at radius 1 is 1.38 bits per heavy atom. The van der Waals surface area contributed by atoms with Gasteiger partial charge in [-0.1, -0.05) is 0 Å². The minimum absolute atomic E-state index is 0.223. The number of hydrogen-bond acceptors (Lipinski definition) is 2. The van der Waals surface area contributed by atoms with Crippen LogP contribution in [0.5, 0.6) is 0 Å². The fraction of sp³-hybridized carbons (Fsp3) is 0.444. The number of carbonyl (C=O) groups excluding carboxylic acids is 1. The summed E-state index contributed by atoms with van der Waals surface area (Å²) in [5.41, 5.74) is 0. The summed E-state index contributed by atoms with van der Waals surface area (Å²) in [5, 5.41) is 0. The van der Waals surface area contributed by atoms with E-state index < -0.39 is 0 Å². The Bertz CT molecular complexity index is 278. The van der Waals surface area contributed by atoms with Crippen LogP contribution in [0.3, 0.4) is 0 Å². The second-order valence-electron chi connectivity index (χ2n) is 3.05. The van der Waals surface area contributed by atoms with Crippen LogP contribution in [0.1, 0.15) is 0 Å². The SMILES string of the molecule is O=C(Cn1cccc1)N1CCSC1. The predicted octanol–water partition coefficient (Wildman–Crippen LogP) is 1.02. The zero-order valence-electron chi connectivity index (χ0n) is 7.35. The van der Waals surface area contributed by atoms with E-state index >= 15 is 0 Å². The highest BCUT2D eigenvalue weighted by Gasteiger charge is 2.17. The highest BCUT2D eigenvalue weighted by molar-refractivity contribution is 7.99. The van der Waals surface area contributed by atoms with Crippen LogP contribution in [-0.4, -0.2) is 33.5 Å². The van der Waals surface area contributed by atoms with Gasteiger partial charge in [0, 0.05) is 24.7 Å². The molecule has 0 aliphatic carbocycles. The van der Waals surface area contributed by atoms with Crippen LogP contribution in [-0.2, 0) is 11.3 Å². The molecule has 2 heterocycles. The minimum atomic E-state index is 0.223. The van der Waals surface area contributed by atoms with Gasteiger partial charge in [-0.3, -0.25) is 4.79 Å². The molecule has 1 aliphatic heterocycles. The first-order chi connectivity index (χ1) is 6.36. The van der Waals surface area contributed by atoms with Crippen LogP contribution in [0.15, 0.2) is 24.5 Å². The van der Waals surface area contributed by atoms with E-state index in [1.54, 1.807) is 0 Å². The molecule has 2 rings (SSSR count). The maximum absolute atomic E-state index is 11.6. The molecule has 0 bridgehead atoms. The molecular formula is C9H12N2OS. The van der Waals surface area contributed by atoms with E-state index in [9.17, 15) is 4.79 Å². The maximum Gasteiger partial charge on any atom is 0.243 e. The van der Waals surface area contributed by atoms with Gasteiger partial charge in [0.25, 0.3) is 0 Å². The van der Waals surface area contributed by atoms with Crippen molar-refractivity contribution < 1.29 is 4.79 Å². The Hall–Kier alpha value is -0.900. The lowest BCUT2D eigenvalue weighted by Crippen LogP contribution is -2.30. The van der Waals surface area contributed by atoms with Crippen molar-refractivity contribution in [2.75, 3.05) is 18.2 Å². The van der Waals surface area contributed by atoms with Gasteiger partial charge < -0.3 is 9.47 Å². The molecule has 0 radical (unpaired) electrons. The van der Waals surface area contributed by atoms with Crippen molar-refractivity contribution in [3.05, 3.63) is 24.5 Å². The number of amides is 1. The average Bonchev–Trinajstić information content (AvgIpc) is 2.74. The summed E-state index contributed by atoms with van der Waals surface area (Å²) in [6.07, 6.45) is 3.84. The highest BCUT2D eigenvalue weighted by Crippen LogP contribution is 2.13. The van der Waals surface area contributed by atoms with Crippen molar-refractivity contribution in [1.29, 1.82) is 0 Å². The average molecular weight is 196 g/mol. The summed E-state index contributed by atoms with van der Waals surface area (Å²) in [5.74, 6) is 2.17. The Morgan fingerprint density at radius 2 is 2.15 bits per heavy atom. The third-order valence-electron chi connectivity index (χ3n) is 2.09. The molecule has 13 heavy (non-hydrogen) atoms. The fourth-order valence-corrected chi connectivity index (χ4v) is 2.31. The molecule has 0 saturated carbocycles. The van der Waals surface area contributed by atoms with E-state index in [1.807, 2.05) is 45.8 Å². The standard InChI is InChI=1S/C9H12N2OS/c12-9(11-5-6-13-8-11)7-10-3-1-2-4-10/h1-4H,5-8H2. The molecule has 1 amide bonds. The molecule has 0 aromatic carbocycles. The first-order valence-electron chi connectivity index (χ1n) is 4.32. The molecule has 1 aromatic heterocycles. The molecule has 4 heteroatoms. The Morgan fingerprint density at radius 3 is 2.77 bits per heavy atom. The van der Waals surface area contributed by atoms with E-state index in [2.05, 4.69) is 0 Å². The molecule has 1 aliphatic rings. The van der Waals surface area contributed by atoms with Crippen molar-refractivity contribution in [3.63, 3.8) is 0 Å². The van der Waals surface area contributed by atoms with Crippen LogP contribution >= 0.6 is 11.8 Å². The number of carbonyl (C=O) groups is 1. The lowest BCUT2D eigenvalue weighted by molar-refractivity contribution is -0.130. The van der Waals surface area contributed by atoms with Crippen LogP contribution in [0, 0.1) is 0 Å². The van der Waals surface area contributed by atoms with Gasteiger partial charge in [-0.2, -0.15) is 0 Å². The predicted molar refractivity (Wildman–Crippen MR) is 53.5 cm³/mol. The van der Waals surface area contributed by atoms with Crippen LogP contribution in [0.2, 0.25) is 0 Å². The number of nitrogens with zero attached hydrogens (tertiary/aromatic N) is 2. The largest absolute Gasteiger partial charge is 0.345 e. The van der Waals surface area contributed by atoms with Gasteiger partial charge in [-0.25, -0.2) is 0 Å². The molecule has 70 valence electrons. The topological polar surface area (TPSA) is 25.2 Å². The normalized spacial score (nSPS) is 16.5. The molecule has 1 fully saturated rings. The number of rotatable bonds is 2. The third kappa shape index (κ3) is 2.06. The van der Waals surface area contributed by atoms with Gasteiger partial charge in [-0.05, 0) is 12.1 Å². The van der Waals surface area contributed by atoms with E-state index in [-0.39, 0.29) is 5.91 Å². The summed E-state index contributed by atoms with van der Waals surface area (Å²) in [6, 6.07) is 3.87. The molecule has 3 nitrogen and oxygen atoms in total. The summed E-state index contributed by atoms with van der Waals surface area (Å²) in [7, 11) is 0. The number of hydrogen-bond donors (Lipinski definition) is 0. The van der Waals surface area contributed by atoms with E-state index in [1.165, 1.54) is 0 Å². The Labute approximate surface area is 81.7 Å². The van der Waals surface area contributed by atoms with Crippen LogP contribution in [0.4, 0.5) is 0 Å². The fourth-order valence-electron chi connectivity index (χ4n) is 1.34. The molecule has 0 unspecified atom stereocenters. The quantitative estimate of drug-likeness (QED) is 0.705. The first-order valence-corrected chi connectivity index (χ1v) is 5.48. The van der Waals surface area contributed by atoms with Crippen LogP contribution < -0.4 is 0 Å². The van der Waals surface area contributed by atoms with Gasteiger partial charge in [0.05, 0.1) is 5.88 Å². The molecule has 0 atom stereocenters. The second-order valence-corrected chi connectivity index (χ2v) is 4.12. The van der Waals surface area contributed by atoms with E-state index in [0.29, 0.717) is 6.54 Å². The van der Waals surface area contributed by atoms with Gasteiger partial charge in [0.2, 0.25) is 5.91 Å². The van der Waals surface area contributed by atoms with Gasteiger partial charge >= 0.3 is 0 Å². The van der Waals surface area contributed by atoms with Gasteiger partial charge in [-0.15, -0.1) is 11.8 Å². The zero-order chi connectivity index (χ0) is 9.10. The zero-order valence-corrected chi connectivity index (χ0v) is 8.17. The lowest BCUT2D eigenvalue weighted by atomic mass is 10.5. The molecule has 1 saturated heterocycles. The van der Waals surface area contributed by atoms with E-state index in [0.717, 1.165) is 18.2 Å². The highest BCUT2D eigenvalue weighted by atomic mass is 32.2. The van der Waals surface area contributed by atoms with Gasteiger partial charge in [0.15, 0.2) is 0 Å². The summed E-state index contributed by atoms with van der Waals surface area (Å²) < 4.78 is 1.91. The summed E-state index contributed by atoms with van der Waals surface area (Å²) >= 11 is 1.82. The monoisotopic (exact) mass is 196 g/mol. The maximum atomic E-state index is 11.6. The molecular weight excluding hydrogens is 184 g/mol. The van der Waals surface area contributed by atoms with Crippen molar-refractivity contribution in [1.82, 2.24) is 9.47 Å². The van der Waals surface area contributed by atoms with Crippen molar-refractivity contribution in [2.45, 2.75) is 6.54 Å².